The topological polar surface area (TPSA) is 70.1 Å². The van der Waals surface area contributed by atoms with E-state index in [4.69, 9.17) is 17.3 Å². The van der Waals surface area contributed by atoms with Crippen molar-refractivity contribution in [1.29, 1.82) is 5.26 Å². The molecule has 1 aliphatic carbocycles. The van der Waals surface area contributed by atoms with Crippen LogP contribution in [0.25, 0.3) is 0 Å². The average Bonchev–Trinajstić information content (AvgIpc) is 3.16. The zero-order valence-corrected chi connectivity index (χ0v) is 18.3. The number of ketones is 1. The van der Waals surface area contributed by atoms with Crippen LogP contribution in [-0.2, 0) is 4.79 Å². The predicted octanol–water partition coefficient (Wildman–Crippen LogP) is 5.82. The summed E-state index contributed by atoms with van der Waals surface area (Å²) in [4.78, 5) is 17.1. The number of hydrogen-bond donors (Lipinski definition) is 1. The summed E-state index contributed by atoms with van der Waals surface area (Å²) >= 11 is 9.78. The number of thioether (sulfide) groups is 1. The second-order valence-electron chi connectivity index (χ2n) is 6.85. The molecule has 0 bridgehead atoms. The van der Waals surface area contributed by atoms with Gasteiger partial charge in [-0.05, 0) is 42.2 Å². The number of Topliss-reactive ketones (excluding diaryl/α,β-unsaturated/α-hetero) is 1. The van der Waals surface area contributed by atoms with Crippen LogP contribution < -0.4 is 10.6 Å². The molecule has 4 rings (SSSR count). The molecule has 1 aliphatic heterocycles. The summed E-state index contributed by atoms with van der Waals surface area (Å²) < 4.78 is 0. The Morgan fingerprint density at radius 1 is 1.34 bits per heavy atom. The van der Waals surface area contributed by atoms with E-state index < -0.39 is 5.92 Å². The van der Waals surface area contributed by atoms with Crippen molar-refractivity contribution in [3.63, 3.8) is 0 Å². The lowest BCUT2D eigenvalue weighted by atomic mass is 9.78. The Bertz CT molecular complexity index is 1080. The van der Waals surface area contributed by atoms with Gasteiger partial charge in [0.15, 0.2) is 5.78 Å². The number of rotatable bonds is 4. The first-order valence-electron chi connectivity index (χ1n) is 9.49. The molecule has 0 spiro atoms. The van der Waals surface area contributed by atoms with E-state index in [2.05, 4.69) is 19.1 Å². The molecule has 2 heterocycles. The highest BCUT2D eigenvalue weighted by atomic mass is 35.5. The summed E-state index contributed by atoms with van der Waals surface area (Å²) in [6, 6.07) is 11.8. The van der Waals surface area contributed by atoms with Gasteiger partial charge in [0.25, 0.3) is 0 Å². The number of hydrogen-bond acceptors (Lipinski definition) is 6. The van der Waals surface area contributed by atoms with Crippen LogP contribution in [-0.4, -0.2) is 11.5 Å². The van der Waals surface area contributed by atoms with Crippen LogP contribution in [0.15, 0.2) is 63.3 Å². The van der Waals surface area contributed by atoms with Gasteiger partial charge >= 0.3 is 0 Å². The number of thiophene rings is 1. The fraction of sp³-hybridized carbons (Fsp3) is 0.273. The number of allylic oxidation sites excluding steroid dienone is 3. The van der Waals surface area contributed by atoms with Crippen molar-refractivity contribution in [2.75, 3.05) is 10.7 Å². The lowest BCUT2D eigenvalue weighted by Crippen LogP contribution is -2.38. The van der Waals surface area contributed by atoms with Crippen molar-refractivity contribution in [3.8, 4) is 6.07 Å². The summed E-state index contributed by atoms with van der Waals surface area (Å²) in [7, 11) is 0. The van der Waals surface area contributed by atoms with Crippen molar-refractivity contribution in [2.45, 2.75) is 37.0 Å². The first-order chi connectivity index (χ1) is 14.1. The van der Waals surface area contributed by atoms with E-state index in [9.17, 15) is 10.1 Å². The van der Waals surface area contributed by atoms with Crippen molar-refractivity contribution >= 4 is 46.2 Å². The minimum absolute atomic E-state index is 0.0920. The van der Waals surface area contributed by atoms with Gasteiger partial charge in [-0.1, -0.05) is 30.7 Å². The van der Waals surface area contributed by atoms with Gasteiger partial charge in [-0.3, -0.25) is 9.69 Å². The molecule has 0 fully saturated rings. The van der Waals surface area contributed by atoms with Gasteiger partial charge < -0.3 is 5.73 Å². The number of para-hydroxylation sites is 1. The van der Waals surface area contributed by atoms with E-state index in [1.54, 1.807) is 29.2 Å². The zero-order valence-electron chi connectivity index (χ0n) is 15.9. The monoisotopic (exact) mass is 441 g/mol. The average molecular weight is 442 g/mol. The maximum Gasteiger partial charge on any atom is 0.161 e. The molecule has 7 heteroatoms. The maximum atomic E-state index is 13.1. The summed E-state index contributed by atoms with van der Waals surface area (Å²) in [5.74, 6) is 0.966. The fourth-order valence-corrected chi connectivity index (χ4v) is 6.32. The second kappa shape index (κ2) is 8.27. The van der Waals surface area contributed by atoms with Crippen LogP contribution in [0.4, 0.5) is 5.69 Å². The lowest BCUT2D eigenvalue weighted by molar-refractivity contribution is -0.116. The first-order valence-corrected chi connectivity index (χ1v) is 11.7. The minimum Gasteiger partial charge on any atom is -0.384 e. The summed E-state index contributed by atoms with van der Waals surface area (Å²) in [6.07, 6.45) is 1.98. The molecule has 1 aromatic carbocycles. The van der Waals surface area contributed by atoms with Crippen molar-refractivity contribution in [1.82, 2.24) is 0 Å². The highest BCUT2D eigenvalue weighted by molar-refractivity contribution is 7.99. The number of carbonyl (C=O) groups is 1. The summed E-state index contributed by atoms with van der Waals surface area (Å²) in [5.41, 5.74) is 9.27. The third-order valence-corrected chi connectivity index (χ3v) is 7.61. The summed E-state index contributed by atoms with van der Waals surface area (Å²) in [5, 5.41) is 12.6. The van der Waals surface area contributed by atoms with Crippen LogP contribution in [0, 0.1) is 11.3 Å². The van der Waals surface area contributed by atoms with Crippen molar-refractivity contribution < 1.29 is 4.79 Å². The Labute approximate surface area is 183 Å². The van der Waals surface area contributed by atoms with E-state index in [0.29, 0.717) is 34.1 Å². The highest BCUT2D eigenvalue weighted by Gasteiger charge is 2.41. The molecule has 0 saturated carbocycles. The van der Waals surface area contributed by atoms with E-state index in [1.165, 1.54) is 0 Å². The number of nitrogens with two attached hydrogens (primary N) is 1. The normalized spacial score (nSPS) is 19.4. The van der Waals surface area contributed by atoms with Gasteiger partial charge in [0, 0.05) is 27.5 Å². The number of benzene rings is 1. The fourth-order valence-electron chi connectivity index (χ4n) is 4.05. The Kier molecular flexibility index (Phi) is 5.73. The molecule has 4 nitrogen and oxygen atoms in total. The molecule has 2 aromatic rings. The molecule has 2 aliphatic rings. The van der Waals surface area contributed by atoms with Crippen LogP contribution in [0.2, 0.25) is 5.02 Å². The maximum absolute atomic E-state index is 13.1. The zero-order chi connectivity index (χ0) is 20.5. The van der Waals surface area contributed by atoms with Gasteiger partial charge in [-0.25, -0.2) is 0 Å². The highest BCUT2D eigenvalue weighted by Crippen LogP contribution is 2.50. The molecule has 148 valence electrons. The Hall–Kier alpha value is -2.20. The third kappa shape index (κ3) is 3.38. The van der Waals surface area contributed by atoms with Gasteiger partial charge in [0.1, 0.15) is 5.82 Å². The molecule has 0 saturated heterocycles. The van der Waals surface area contributed by atoms with Crippen molar-refractivity contribution in [3.05, 3.63) is 68.3 Å². The minimum atomic E-state index is -0.407. The van der Waals surface area contributed by atoms with E-state index in [1.807, 2.05) is 28.5 Å². The van der Waals surface area contributed by atoms with Gasteiger partial charge in [-0.15, -0.1) is 23.1 Å². The molecule has 0 unspecified atom stereocenters. The molecule has 1 atom stereocenters. The standard InChI is InChI=1S/C22H20ClN3OS2/c1-2-28-18-10-11-29-21(18)19-13(12-24)22(25)26(15-7-4-3-6-14(15)23)16-8-5-9-17(27)20(16)19/h3-4,6-7,10-11,19H,2,5,8-9,25H2,1H3/t19-/m0/s1. The largest absolute Gasteiger partial charge is 0.384 e. The Morgan fingerprint density at radius 2 is 2.14 bits per heavy atom. The van der Waals surface area contributed by atoms with Crippen LogP contribution in [0.1, 0.15) is 37.0 Å². The molecule has 0 amide bonds. The third-order valence-electron chi connectivity index (χ3n) is 5.23. The second-order valence-corrected chi connectivity index (χ2v) is 9.51. The number of nitrogens with zero attached hydrogens (tertiary/aromatic N) is 2. The molecule has 1 aromatic heterocycles. The van der Waals surface area contributed by atoms with Gasteiger partial charge in [0.05, 0.1) is 28.3 Å². The SMILES string of the molecule is CCSc1ccsc1[C@H]1C(C#N)=C(N)N(c2ccccc2Cl)C2=C1C(=O)CCC2. The first kappa shape index (κ1) is 20.1. The molecule has 29 heavy (non-hydrogen) atoms. The Balaban J connectivity index is 1.98. The van der Waals surface area contributed by atoms with E-state index in [-0.39, 0.29) is 5.78 Å². The van der Waals surface area contributed by atoms with Gasteiger partial charge in [0.2, 0.25) is 0 Å². The number of halogens is 1. The Morgan fingerprint density at radius 3 is 2.86 bits per heavy atom. The quantitative estimate of drug-likeness (QED) is 0.605. The van der Waals surface area contributed by atoms with Crippen LogP contribution in [0.5, 0.6) is 0 Å². The van der Waals surface area contributed by atoms with Crippen molar-refractivity contribution in [2.24, 2.45) is 5.73 Å². The van der Waals surface area contributed by atoms with Gasteiger partial charge in [-0.2, -0.15) is 5.26 Å². The van der Waals surface area contributed by atoms with E-state index in [0.717, 1.165) is 34.1 Å². The predicted molar refractivity (Wildman–Crippen MR) is 120 cm³/mol. The molecular weight excluding hydrogens is 422 g/mol. The van der Waals surface area contributed by atoms with E-state index >= 15 is 0 Å². The number of carbonyl (C=O) groups excluding carboxylic acids is 1. The van der Waals surface area contributed by atoms with Crippen LogP contribution in [0.3, 0.4) is 0 Å². The van der Waals surface area contributed by atoms with Crippen LogP contribution >= 0.6 is 34.7 Å². The summed E-state index contributed by atoms with van der Waals surface area (Å²) in [6.45, 7) is 2.10. The molecule has 0 radical (unpaired) electrons. The number of anilines is 1. The molecule has 2 N–H and O–H groups in total. The number of nitriles is 1. The molecular formula is C22H20ClN3OS2. The smallest absolute Gasteiger partial charge is 0.161 e. The lowest BCUT2D eigenvalue weighted by Gasteiger charge is -2.39.